The molecule has 7 heteroatoms. The van der Waals surface area contributed by atoms with Crippen LogP contribution in [0.5, 0.6) is 0 Å². The summed E-state index contributed by atoms with van der Waals surface area (Å²) in [5.74, 6) is -0.489. The molecule has 0 aliphatic heterocycles. The molecule has 0 spiro atoms. The molecular weight excluding hydrogens is 354 g/mol. The van der Waals surface area contributed by atoms with Crippen LogP contribution < -0.4 is 0 Å². The molecule has 4 rings (SSSR count). The van der Waals surface area contributed by atoms with Gasteiger partial charge in [0.05, 0.1) is 23.9 Å². The molecule has 1 fully saturated rings. The van der Waals surface area contributed by atoms with Gasteiger partial charge in [0.2, 0.25) is 0 Å². The summed E-state index contributed by atoms with van der Waals surface area (Å²) in [5, 5.41) is 33.4. The molecule has 6 nitrogen and oxygen atoms in total. The third-order valence-electron chi connectivity index (χ3n) is 5.38. The molecule has 1 saturated carbocycles. The van der Waals surface area contributed by atoms with Gasteiger partial charge in [-0.1, -0.05) is 23.7 Å². The van der Waals surface area contributed by atoms with Gasteiger partial charge >= 0.3 is 0 Å². The summed E-state index contributed by atoms with van der Waals surface area (Å²) >= 11 is 5.90. The zero-order valence-corrected chi connectivity index (χ0v) is 15.0. The van der Waals surface area contributed by atoms with Crippen molar-refractivity contribution < 1.29 is 15.3 Å². The fraction of sp³-hybridized carbons (Fsp3) is 0.368. The number of benzene rings is 1. The van der Waals surface area contributed by atoms with E-state index in [0.717, 1.165) is 16.7 Å². The quantitative estimate of drug-likeness (QED) is 0.655. The van der Waals surface area contributed by atoms with E-state index in [0.29, 0.717) is 17.0 Å². The first kappa shape index (κ1) is 17.4. The van der Waals surface area contributed by atoms with Crippen molar-refractivity contribution in [3.63, 3.8) is 0 Å². The van der Waals surface area contributed by atoms with Crippen LogP contribution in [0.4, 0.5) is 0 Å². The molecule has 3 aromatic rings. The van der Waals surface area contributed by atoms with Gasteiger partial charge in [-0.3, -0.25) is 0 Å². The monoisotopic (exact) mass is 373 g/mol. The summed E-state index contributed by atoms with van der Waals surface area (Å²) in [6, 6.07) is 8.42. The molecule has 1 aliphatic carbocycles. The smallest absolute Gasteiger partial charge is 0.143 e. The predicted molar refractivity (Wildman–Crippen MR) is 97.8 cm³/mol. The zero-order chi connectivity index (χ0) is 18.4. The van der Waals surface area contributed by atoms with Crippen molar-refractivity contribution in [3.05, 3.63) is 59.1 Å². The van der Waals surface area contributed by atoms with Crippen molar-refractivity contribution in [1.82, 2.24) is 14.5 Å². The predicted octanol–water partition coefficient (Wildman–Crippen LogP) is 2.41. The normalized spacial score (nSPS) is 27.1. The molecule has 0 saturated heterocycles. The van der Waals surface area contributed by atoms with Crippen LogP contribution in [0.2, 0.25) is 5.02 Å². The van der Waals surface area contributed by atoms with Crippen molar-refractivity contribution in [2.75, 3.05) is 0 Å². The number of hydrogen-bond acceptors (Lipinski definition) is 5. The number of aliphatic hydroxyl groups is 3. The van der Waals surface area contributed by atoms with Crippen LogP contribution in [0.15, 0.2) is 42.9 Å². The van der Waals surface area contributed by atoms with Gasteiger partial charge in [-0.05, 0) is 37.1 Å². The van der Waals surface area contributed by atoms with E-state index in [1.807, 2.05) is 23.8 Å². The minimum atomic E-state index is -1.04. The second-order valence-corrected chi connectivity index (χ2v) is 7.30. The molecule has 1 aliphatic rings. The molecule has 0 bridgehead atoms. The Kier molecular flexibility index (Phi) is 4.44. The Labute approximate surface area is 155 Å². The van der Waals surface area contributed by atoms with Crippen LogP contribution in [-0.4, -0.2) is 42.1 Å². The van der Waals surface area contributed by atoms with Gasteiger partial charge in [0.25, 0.3) is 0 Å². The van der Waals surface area contributed by atoms with Crippen LogP contribution in [0.25, 0.3) is 11.0 Å². The molecule has 3 N–H and O–H groups in total. The van der Waals surface area contributed by atoms with Gasteiger partial charge in [0, 0.05) is 22.5 Å². The summed E-state index contributed by atoms with van der Waals surface area (Å²) < 4.78 is 1.87. The second-order valence-electron chi connectivity index (χ2n) is 6.86. The topological polar surface area (TPSA) is 91.4 Å². The van der Waals surface area contributed by atoms with E-state index in [4.69, 9.17) is 11.6 Å². The van der Waals surface area contributed by atoms with Crippen LogP contribution in [0, 0.1) is 12.8 Å². The second kappa shape index (κ2) is 6.63. The lowest BCUT2D eigenvalue weighted by atomic mass is 9.92. The summed E-state index contributed by atoms with van der Waals surface area (Å²) in [7, 11) is 0. The Morgan fingerprint density at radius 1 is 1.12 bits per heavy atom. The van der Waals surface area contributed by atoms with Crippen LogP contribution in [0.1, 0.15) is 29.8 Å². The lowest BCUT2D eigenvalue weighted by molar-refractivity contribution is -0.0264. The van der Waals surface area contributed by atoms with Crippen molar-refractivity contribution in [2.24, 2.45) is 5.92 Å². The number of rotatable bonds is 3. The van der Waals surface area contributed by atoms with Crippen LogP contribution in [0.3, 0.4) is 0 Å². The van der Waals surface area contributed by atoms with Crippen molar-refractivity contribution >= 4 is 22.6 Å². The van der Waals surface area contributed by atoms with Gasteiger partial charge < -0.3 is 19.9 Å². The van der Waals surface area contributed by atoms with E-state index in [1.54, 1.807) is 24.3 Å². The summed E-state index contributed by atoms with van der Waals surface area (Å²) in [4.78, 5) is 8.51. The van der Waals surface area contributed by atoms with Gasteiger partial charge in [0.1, 0.15) is 18.1 Å². The lowest BCUT2D eigenvalue weighted by Crippen LogP contribution is -2.31. The maximum atomic E-state index is 10.7. The third kappa shape index (κ3) is 2.79. The fourth-order valence-corrected chi connectivity index (χ4v) is 4.03. The van der Waals surface area contributed by atoms with Gasteiger partial charge in [-0.2, -0.15) is 0 Å². The van der Waals surface area contributed by atoms with E-state index < -0.39 is 24.2 Å². The molecule has 2 heterocycles. The van der Waals surface area contributed by atoms with E-state index in [1.165, 1.54) is 6.33 Å². The lowest BCUT2D eigenvalue weighted by Gasteiger charge is -2.22. The first-order chi connectivity index (χ1) is 12.5. The first-order valence-corrected chi connectivity index (χ1v) is 8.93. The summed E-state index contributed by atoms with van der Waals surface area (Å²) in [6.45, 7) is 1.90. The van der Waals surface area contributed by atoms with E-state index in [-0.39, 0.29) is 6.04 Å². The van der Waals surface area contributed by atoms with Crippen molar-refractivity contribution in [2.45, 2.75) is 37.7 Å². The Balaban J connectivity index is 1.65. The number of aromatic nitrogens is 3. The minimum absolute atomic E-state index is 0.372. The van der Waals surface area contributed by atoms with Crippen LogP contribution >= 0.6 is 11.6 Å². The molecule has 5 atom stereocenters. The molecule has 0 radical (unpaired) electrons. The van der Waals surface area contributed by atoms with Crippen molar-refractivity contribution in [1.29, 1.82) is 0 Å². The van der Waals surface area contributed by atoms with Crippen LogP contribution in [-0.2, 0) is 0 Å². The van der Waals surface area contributed by atoms with E-state index in [2.05, 4.69) is 9.97 Å². The highest BCUT2D eigenvalue weighted by Crippen LogP contribution is 2.43. The highest BCUT2D eigenvalue weighted by molar-refractivity contribution is 6.30. The summed E-state index contributed by atoms with van der Waals surface area (Å²) in [5.41, 5.74) is 2.25. The molecule has 26 heavy (non-hydrogen) atoms. The Morgan fingerprint density at radius 2 is 1.85 bits per heavy atom. The third-order valence-corrected chi connectivity index (χ3v) is 5.63. The number of hydrogen-bond donors (Lipinski definition) is 3. The highest BCUT2D eigenvalue weighted by Gasteiger charge is 2.46. The molecule has 136 valence electrons. The average molecular weight is 374 g/mol. The Hall–Kier alpha value is -1.99. The molecule has 0 amide bonds. The number of aryl methyl sites for hydroxylation is 1. The number of fused-ring (bicyclic) bond motifs is 1. The van der Waals surface area contributed by atoms with E-state index in [9.17, 15) is 15.3 Å². The SMILES string of the molecule is Cc1ncnc2c1ccn2C1CC([C@@H](O)c2ccc(Cl)cc2)[C@@H](O)C1O. The first-order valence-electron chi connectivity index (χ1n) is 8.55. The zero-order valence-electron chi connectivity index (χ0n) is 14.2. The minimum Gasteiger partial charge on any atom is -0.390 e. The molecule has 2 aromatic heterocycles. The fourth-order valence-electron chi connectivity index (χ4n) is 3.90. The number of halogens is 1. The molecule has 3 unspecified atom stereocenters. The van der Waals surface area contributed by atoms with Gasteiger partial charge in [0.15, 0.2) is 0 Å². The van der Waals surface area contributed by atoms with E-state index >= 15 is 0 Å². The summed E-state index contributed by atoms with van der Waals surface area (Å²) in [6.07, 6.45) is 0.855. The standard InChI is InChI=1S/C19H20ClN3O3/c1-10-13-6-7-23(19(13)22-9-21-10)15-8-14(17(25)18(15)26)16(24)11-2-4-12(20)5-3-11/h2-7,9,14-18,24-26H,8H2,1H3/t14?,15?,16-,17+,18?/m0/s1. The maximum absolute atomic E-state index is 10.7. The van der Waals surface area contributed by atoms with Gasteiger partial charge in [-0.25, -0.2) is 9.97 Å². The Bertz CT molecular complexity index is 927. The largest absolute Gasteiger partial charge is 0.390 e. The Morgan fingerprint density at radius 3 is 2.58 bits per heavy atom. The van der Waals surface area contributed by atoms with Crippen molar-refractivity contribution in [3.8, 4) is 0 Å². The van der Waals surface area contributed by atoms with Gasteiger partial charge in [-0.15, -0.1) is 0 Å². The number of aliphatic hydroxyl groups excluding tert-OH is 3. The molecule has 1 aromatic carbocycles. The molecular formula is C19H20ClN3O3. The maximum Gasteiger partial charge on any atom is 0.143 e. The average Bonchev–Trinajstić information content (AvgIpc) is 3.18. The number of nitrogens with zero attached hydrogens (tertiary/aromatic N) is 3. The highest BCUT2D eigenvalue weighted by atomic mass is 35.5.